The molecule has 0 aromatic rings. The molecule has 0 spiro atoms. The van der Waals surface area contributed by atoms with Crippen molar-refractivity contribution in [1.82, 2.24) is 0 Å². The Hall–Kier alpha value is -0.530. The Morgan fingerprint density at radius 3 is 0.943 bits per heavy atom. The van der Waals surface area contributed by atoms with Crippen molar-refractivity contribution in [3.63, 3.8) is 0 Å². The fraction of sp³-hybridized carbons (Fsp3) is 0.970. The number of unbranched alkanes of at least 4 members (excludes halogenated alkanes) is 26. The summed E-state index contributed by atoms with van der Waals surface area (Å²) >= 11 is 0. The molecule has 2 nitrogen and oxygen atoms in total. The van der Waals surface area contributed by atoms with Crippen molar-refractivity contribution < 1.29 is 9.53 Å². The van der Waals surface area contributed by atoms with E-state index in [1.807, 2.05) is 0 Å². The summed E-state index contributed by atoms with van der Waals surface area (Å²) in [6.07, 6.45) is 38.7. The minimum atomic E-state index is 0.0260. The van der Waals surface area contributed by atoms with Crippen molar-refractivity contribution in [2.24, 2.45) is 0 Å². The van der Waals surface area contributed by atoms with E-state index < -0.39 is 0 Å². The quantitative estimate of drug-likeness (QED) is 0.0732. The normalized spacial score (nSPS) is 11.3. The molecule has 0 fully saturated rings. The first-order valence-corrected chi connectivity index (χ1v) is 16.5. The Bertz CT molecular complexity index is 393. The number of carbonyl (C=O) groups excluding carboxylic acids is 1. The van der Waals surface area contributed by atoms with Crippen molar-refractivity contribution in [1.29, 1.82) is 0 Å². The molecule has 0 amide bonds. The van der Waals surface area contributed by atoms with Gasteiger partial charge in [-0.1, -0.05) is 181 Å². The van der Waals surface area contributed by atoms with E-state index in [2.05, 4.69) is 13.8 Å². The molecule has 0 N–H and O–H groups in total. The molecule has 210 valence electrons. The number of rotatable bonds is 30. The molecule has 0 saturated heterocycles. The Kier molecular flexibility index (Phi) is 31.0. The highest BCUT2D eigenvalue weighted by Crippen LogP contribution is 2.15. The van der Waals surface area contributed by atoms with Crippen LogP contribution in [0.5, 0.6) is 0 Å². The van der Waals surface area contributed by atoms with Crippen LogP contribution in [-0.2, 0) is 9.53 Å². The Labute approximate surface area is 222 Å². The third kappa shape index (κ3) is 31.4. The third-order valence-electron chi connectivity index (χ3n) is 7.50. The van der Waals surface area contributed by atoms with Crippen LogP contribution in [0.2, 0.25) is 0 Å². The molecule has 0 unspecified atom stereocenters. The molecule has 0 saturated carbocycles. The summed E-state index contributed by atoms with van der Waals surface area (Å²) in [5, 5.41) is 0. The maximum absolute atomic E-state index is 11.9. The van der Waals surface area contributed by atoms with Crippen LogP contribution in [-0.4, -0.2) is 12.6 Å². The van der Waals surface area contributed by atoms with Gasteiger partial charge in [-0.3, -0.25) is 4.79 Å². The van der Waals surface area contributed by atoms with Crippen molar-refractivity contribution >= 4 is 5.97 Å². The van der Waals surface area contributed by atoms with Crippen LogP contribution in [0.25, 0.3) is 0 Å². The molecule has 0 rings (SSSR count). The summed E-state index contributed by atoms with van der Waals surface area (Å²) in [7, 11) is 0. The highest BCUT2D eigenvalue weighted by atomic mass is 16.5. The van der Waals surface area contributed by atoms with Crippen molar-refractivity contribution in [3.8, 4) is 0 Å². The number of hydrogen-bond donors (Lipinski definition) is 0. The van der Waals surface area contributed by atoms with Gasteiger partial charge in [0.2, 0.25) is 0 Å². The number of hydrogen-bond acceptors (Lipinski definition) is 2. The fourth-order valence-electron chi connectivity index (χ4n) is 5.02. The minimum Gasteiger partial charge on any atom is -0.466 e. The van der Waals surface area contributed by atoms with Gasteiger partial charge < -0.3 is 4.74 Å². The lowest BCUT2D eigenvalue weighted by Crippen LogP contribution is -2.05. The van der Waals surface area contributed by atoms with Crippen LogP contribution in [0.1, 0.15) is 200 Å². The van der Waals surface area contributed by atoms with Gasteiger partial charge in [-0.15, -0.1) is 0 Å². The lowest BCUT2D eigenvalue weighted by molar-refractivity contribution is -0.143. The van der Waals surface area contributed by atoms with Gasteiger partial charge >= 0.3 is 5.97 Å². The second kappa shape index (κ2) is 31.5. The van der Waals surface area contributed by atoms with Crippen LogP contribution >= 0.6 is 0 Å². The lowest BCUT2D eigenvalue weighted by atomic mass is 10.0. The zero-order chi connectivity index (χ0) is 25.5. The van der Waals surface area contributed by atoms with E-state index in [9.17, 15) is 4.79 Å². The van der Waals surface area contributed by atoms with Gasteiger partial charge in [0.15, 0.2) is 0 Å². The fourth-order valence-corrected chi connectivity index (χ4v) is 5.02. The van der Waals surface area contributed by atoms with Crippen LogP contribution in [0.4, 0.5) is 0 Å². The van der Waals surface area contributed by atoms with Crippen LogP contribution in [0, 0.1) is 0 Å². The molecular weight excluding hydrogens is 428 g/mol. The predicted molar refractivity (Wildman–Crippen MR) is 156 cm³/mol. The van der Waals surface area contributed by atoms with Gasteiger partial charge in [-0.2, -0.15) is 0 Å². The summed E-state index contributed by atoms with van der Waals surface area (Å²) in [5.74, 6) is 0.0260. The van der Waals surface area contributed by atoms with Gasteiger partial charge in [0.1, 0.15) is 0 Å². The average molecular weight is 495 g/mol. The molecule has 0 radical (unpaired) electrons. The van der Waals surface area contributed by atoms with E-state index >= 15 is 0 Å². The Balaban J connectivity index is 3.13. The first-order chi connectivity index (χ1) is 17.3. The topological polar surface area (TPSA) is 26.3 Å². The van der Waals surface area contributed by atoms with Crippen molar-refractivity contribution in [2.45, 2.75) is 200 Å². The summed E-state index contributed by atoms with van der Waals surface area (Å²) in [6.45, 7) is 5.20. The molecule has 0 heterocycles. The van der Waals surface area contributed by atoms with Gasteiger partial charge in [-0.05, 0) is 12.8 Å². The second-order valence-corrected chi connectivity index (χ2v) is 11.2. The third-order valence-corrected chi connectivity index (χ3v) is 7.50. The smallest absolute Gasteiger partial charge is 0.305 e. The SMILES string of the molecule is CCCCCCCCCCCCCCCCCCCC(=O)OCCCCCCCCCCCCC. The Morgan fingerprint density at radius 2 is 0.629 bits per heavy atom. The second-order valence-electron chi connectivity index (χ2n) is 11.2. The van der Waals surface area contributed by atoms with E-state index in [-0.39, 0.29) is 5.97 Å². The first-order valence-electron chi connectivity index (χ1n) is 16.5. The number of esters is 1. The zero-order valence-electron chi connectivity index (χ0n) is 24.5. The molecule has 0 aliphatic rings. The molecule has 0 atom stereocenters. The monoisotopic (exact) mass is 495 g/mol. The van der Waals surface area contributed by atoms with Crippen LogP contribution in [0.15, 0.2) is 0 Å². The molecule has 0 aliphatic heterocycles. The van der Waals surface area contributed by atoms with Crippen molar-refractivity contribution in [2.75, 3.05) is 6.61 Å². The van der Waals surface area contributed by atoms with Gasteiger partial charge in [-0.25, -0.2) is 0 Å². The summed E-state index contributed by atoms with van der Waals surface area (Å²) in [4.78, 5) is 11.9. The molecular formula is C33H66O2. The van der Waals surface area contributed by atoms with E-state index in [4.69, 9.17) is 4.74 Å². The summed E-state index contributed by atoms with van der Waals surface area (Å²) < 4.78 is 5.41. The molecule has 2 heteroatoms. The number of ether oxygens (including phenoxy) is 1. The van der Waals surface area contributed by atoms with E-state index in [0.717, 1.165) is 12.8 Å². The van der Waals surface area contributed by atoms with E-state index in [1.54, 1.807) is 0 Å². The molecule has 0 aromatic carbocycles. The maximum atomic E-state index is 11.9. The summed E-state index contributed by atoms with van der Waals surface area (Å²) in [5.41, 5.74) is 0. The van der Waals surface area contributed by atoms with Gasteiger partial charge in [0.25, 0.3) is 0 Å². The first kappa shape index (κ1) is 34.5. The van der Waals surface area contributed by atoms with Gasteiger partial charge in [0, 0.05) is 6.42 Å². The van der Waals surface area contributed by atoms with E-state index in [1.165, 1.54) is 167 Å². The standard InChI is InChI=1S/C33H66O2/c1-3-5-7-9-11-13-15-16-17-18-19-20-21-23-25-27-29-31-33(34)35-32-30-28-26-24-22-14-12-10-8-6-4-2/h3-32H2,1-2H3. The lowest BCUT2D eigenvalue weighted by Gasteiger charge is -2.06. The van der Waals surface area contributed by atoms with Crippen molar-refractivity contribution in [3.05, 3.63) is 0 Å². The minimum absolute atomic E-state index is 0.0260. The largest absolute Gasteiger partial charge is 0.466 e. The Morgan fingerprint density at radius 1 is 0.371 bits per heavy atom. The highest BCUT2D eigenvalue weighted by Gasteiger charge is 2.02. The molecule has 0 bridgehead atoms. The average Bonchev–Trinajstić information content (AvgIpc) is 2.86. The van der Waals surface area contributed by atoms with Crippen LogP contribution < -0.4 is 0 Å². The zero-order valence-corrected chi connectivity index (χ0v) is 24.5. The predicted octanol–water partition coefficient (Wildman–Crippen LogP) is 11.9. The summed E-state index contributed by atoms with van der Waals surface area (Å²) in [6, 6.07) is 0. The van der Waals surface area contributed by atoms with E-state index in [0.29, 0.717) is 13.0 Å². The molecule has 0 aliphatic carbocycles. The molecule has 35 heavy (non-hydrogen) atoms. The highest BCUT2D eigenvalue weighted by molar-refractivity contribution is 5.69. The number of carbonyl (C=O) groups is 1. The van der Waals surface area contributed by atoms with Gasteiger partial charge in [0.05, 0.1) is 6.61 Å². The molecule has 0 aromatic heterocycles. The van der Waals surface area contributed by atoms with Crippen LogP contribution in [0.3, 0.4) is 0 Å². The maximum Gasteiger partial charge on any atom is 0.305 e.